The molecule has 0 aromatic rings. The lowest BCUT2D eigenvalue weighted by Crippen LogP contribution is -2.30. The van der Waals surface area contributed by atoms with Gasteiger partial charge in [-0.05, 0) is 89.9 Å². The fourth-order valence-electron chi connectivity index (χ4n) is 6.89. The molecular weight excluding hydrogens is 745 g/mol. The van der Waals surface area contributed by atoms with E-state index in [0.717, 1.165) is 103 Å². The number of carbonyl (C=O) groups is 3. The first kappa shape index (κ1) is 57.1. The summed E-state index contributed by atoms with van der Waals surface area (Å²) in [5, 5.41) is 0. The quantitative estimate of drug-likeness (QED) is 0.0263. The van der Waals surface area contributed by atoms with Crippen LogP contribution in [0.4, 0.5) is 0 Å². The van der Waals surface area contributed by atoms with E-state index < -0.39 is 6.10 Å². The van der Waals surface area contributed by atoms with Crippen molar-refractivity contribution in [3.63, 3.8) is 0 Å². The molecule has 6 nitrogen and oxygen atoms in total. The largest absolute Gasteiger partial charge is 0.462 e. The van der Waals surface area contributed by atoms with Crippen molar-refractivity contribution in [2.24, 2.45) is 0 Å². The summed E-state index contributed by atoms with van der Waals surface area (Å²) in [6.07, 6.45) is 59.3. The molecular formula is C54H94O6. The Morgan fingerprint density at radius 3 is 0.983 bits per heavy atom. The van der Waals surface area contributed by atoms with Gasteiger partial charge < -0.3 is 14.2 Å². The van der Waals surface area contributed by atoms with E-state index in [2.05, 4.69) is 81.5 Å². The molecule has 0 spiro atoms. The minimum absolute atomic E-state index is 0.0840. The summed E-state index contributed by atoms with van der Waals surface area (Å²) in [5.74, 6) is -0.916. The predicted molar refractivity (Wildman–Crippen MR) is 256 cm³/mol. The second-order valence-electron chi connectivity index (χ2n) is 16.7. The van der Waals surface area contributed by atoms with E-state index in [1.165, 1.54) is 103 Å². The molecule has 0 amide bonds. The fourth-order valence-corrected chi connectivity index (χ4v) is 6.89. The van der Waals surface area contributed by atoms with Crippen LogP contribution in [0.1, 0.15) is 245 Å². The Balaban J connectivity index is 4.31. The molecule has 0 aromatic heterocycles. The van der Waals surface area contributed by atoms with E-state index in [-0.39, 0.29) is 31.1 Å². The normalized spacial score (nSPS) is 12.5. The van der Waals surface area contributed by atoms with Crippen molar-refractivity contribution in [3.05, 3.63) is 60.8 Å². The van der Waals surface area contributed by atoms with Gasteiger partial charge in [0.2, 0.25) is 0 Å². The number of hydrogen-bond donors (Lipinski definition) is 0. The molecule has 0 bridgehead atoms. The monoisotopic (exact) mass is 839 g/mol. The fraction of sp³-hybridized carbons (Fsp3) is 0.759. The molecule has 0 N–H and O–H groups in total. The summed E-state index contributed by atoms with van der Waals surface area (Å²) in [7, 11) is 0. The smallest absolute Gasteiger partial charge is 0.306 e. The summed E-state index contributed by atoms with van der Waals surface area (Å²) >= 11 is 0. The maximum absolute atomic E-state index is 12.7. The van der Waals surface area contributed by atoms with Gasteiger partial charge in [-0.3, -0.25) is 14.4 Å². The van der Waals surface area contributed by atoms with E-state index in [0.29, 0.717) is 19.3 Å². The van der Waals surface area contributed by atoms with Crippen LogP contribution in [-0.4, -0.2) is 37.2 Å². The molecule has 6 heteroatoms. The van der Waals surface area contributed by atoms with Crippen LogP contribution in [0.2, 0.25) is 0 Å². The second-order valence-corrected chi connectivity index (χ2v) is 16.7. The molecule has 0 radical (unpaired) electrons. The van der Waals surface area contributed by atoms with Crippen molar-refractivity contribution in [1.82, 2.24) is 0 Å². The van der Waals surface area contributed by atoms with Gasteiger partial charge >= 0.3 is 17.9 Å². The Kier molecular flexibility index (Phi) is 46.4. The molecule has 0 aliphatic rings. The molecule has 0 aliphatic heterocycles. The highest BCUT2D eigenvalue weighted by Gasteiger charge is 2.19. The Morgan fingerprint density at radius 1 is 0.333 bits per heavy atom. The Morgan fingerprint density at radius 2 is 0.600 bits per heavy atom. The van der Waals surface area contributed by atoms with Crippen LogP contribution in [0.5, 0.6) is 0 Å². The van der Waals surface area contributed by atoms with Gasteiger partial charge in [-0.2, -0.15) is 0 Å². The second kappa shape index (κ2) is 48.8. The lowest BCUT2D eigenvalue weighted by atomic mass is 10.1. The van der Waals surface area contributed by atoms with Crippen LogP contribution in [0, 0.1) is 0 Å². The van der Waals surface area contributed by atoms with Crippen LogP contribution in [-0.2, 0) is 28.6 Å². The number of rotatable bonds is 45. The van der Waals surface area contributed by atoms with Gasteiger partial charge in [0.25, 0.3) is 0 Å². The van der Waals surface area contributed by atoms with Crippen LogP contribution >= 0.6 is 0 Å². The van der Waals surface area contributed by atoms with Gasteiger partial charge in [-0.15, -0.1) is 0 Å². The highest BCUT2D eigenvalue weighted by atomic mass is 16.6. The molecule has 0 aliphatic carbocycles. The van der Waals surface area contributed by atoms with Crippen molar-refractivity contribution in [1.29, 1.82) is 0 Å². The highest BCUT2D eigenvalue weighted by Crippen LogP contribution is 2.13. The van der Waals surface area contributed by atoms with Gasteiger partial charge in [0, 0.05) is 19.3 Å². The van der Waals surface area contributed by atoms with Gasteiger partial charge in [-0.25, -0.2) is 0 Å². The molecule has 346 valence electrons. The topological polar surface area (TPSA) is 78.9 Å². The maximum atomic E-state index is 12.7. The van der Waals surface area contributed by atoms with Crippen molar-refractivity contribution in [2.75, 3.05) is 13.2 Å². The molecule has 1 unspecified atom stereocenters. The standard InChI is InChI=1S/C54H94O6/c1-4-7-10-13-16-18-20-22-24-26-27-28-30-31-33-35-38-41-44-47-53(56)59-50-51(49-58-52(55)46-43-40-37-15-12-9-6-3)60-54(57)48-45-42-39-36-34-32-29-25-23-21-19-17-14-11-8-5-2/h16,18-19,21-22,24-25,27-29,51H,4-15,17,20,23,26,30-50H2,1-3H3/b18-16-,21-19-,24-22-,28-27-,29-25-. The summed E-state index contributed by atoms with van der Waals surface area (Å²) in [4.78, 5) is 37.8. The summed E-state index contributed by atoms with van der Waals surface area (Å²) in [5.41, 5.74) is 0. The highest BCUT2D eigenvalue weighted by molar-refractivity contribution is 5.71. The van der Waals surface area contributed by atoms with Gasteiger partial charge in [0.15, 0.2) is 6.10 Å². The van der Waals surface area contributed by atoms with Crippen molar-refractivity contribution >= 4 is 17.9 Å². The average Bonchev–Trinajstić information content (AvgIpc) is 3.24. The van der Waals surface area contributed by atoms with E-state index in [9.17, 15) is 14.4 Å². The van der Waals surface area contributed by atoms with E-state index >= 15 is 0 Å². The molecule has 0 aromatic carbocycles. The third kappa shape index (κ3) is 46.2. The van der Waals surface area contributed by atoms with Gasteiger partial charge in [0.05, 0.1) is 0 Å². The zero-order valence-electron chi connectivity index (χ0n) is 39.5. The van der Waals surface area contributed by atoms with Crippen LogP contribution in [0.3, 0.4) is 0 Å². The zero-order chi connectivity index (χ0) is 43.7. The number of carbonyl (C=O) groups excluding carboxylic acids is 3. The lowest BCUT2D eigenvalue weighted by Gasteiger charge is -2.18. The Labute approximate surface area is 370 Å². The predicted octanol–water partition coefficient (Wildman–Crippen LogP) is 16.5. The van der Waals surface area contributed by atoms with E-state index in [1.807, 2.05) is 0 Å². The number of allylic oxidation sites excluding steroid dienone is 10. The third-order valence-corrected chi connectivity index (χ3v) is 10.7. The van der Waals surface area contributed by atoms with E-state index in [4.69, 9.17) is 14.2 Å². The molecule has 0 fully saturated rings. The minimum Gasteiger partial charge on any atom is -0.462 e. The molecule has 0 saturated heterocycles. The Hall–Kier alpha value is -2.89. The first-order valence-electron chi connectivity index (χ1n) is 25.3. The zero-order valence-corrected chi connectivity index (χ0v) is 39.5. The molecule has 0 rings (SSSR count). The van der Waals surface area contributed by atoms with Crippen molar-refractivity contribution < 1.29 is 28.6 Å². The average molecular weight is 839 g/mol. The molecule has 0 heterocycles. The number of unbranched alkanes of at least 4 members (excludes halogenated alkanes) is 24. The number of hydrogen-bond acceptors (Lipinski definition) is 6. The first-order valence-corrected chi connectivity index (χ1v) is 25.3. The summed E-state index contributed by atoms with van der Waals surface area (Å²) in [6.45, 7) is 6.53. The van der Waals surface area contributed by atoms with Crippen molar-refractivity contribution in [2.45, 2.75) is 252 Å². The molecule has 60 heavy (non-hydrogen) atoms. The van der Waals surface area contributed by atoms with Crippen molar-refractivity contribution in [3.8, 4) is 0 Å². The number of esters is 3. The molecule has 0 saturated carbocycles. The van der Waals surface area contributed by atoms with Crippen LogP contribution < -0.4 is 0 Å². The van der Waals surface area contributed by atoms with Crippen LogP contribution in [0.25, 0.3) is 0 Å². The van der Waals surface area contributed by atoms with Gasteiger partial charge in [-0.1, -0.05) is 197 Å². The summed E-state index contributed by atoms with van der Waals surface area (Å²) in [6, 6.07) is 0. The SMILES string of the molecule is CCCCC/C=C\C/C=C\C/C=C\CCCCCCCCC(=O)OCC(COC(=O)CCCCCCCCC)OC(=O)CCCCCCC/C=C\C/C=C\CCCCCC. The van der Waals surface area contributed by atoms with Gasteiger partial charge in [0.1, 0.15) is 13.2 Å². The minimum atomic E-state index is -0.783. The molecule has 1 atom stereocenters. The van der Waals surface area contributed by atoms with E-state index in [1.54, 1.807) is 0 Å². The first-order chi connectivity index (χ1) is 29.5. The number of ether oxygens (including phenoxy) is 3. The maximum Gasteiger partial charge on any atom is 0.306 e. The summed E-state index contributed by atoms with van der Waals surface area (Å²) < 4.78 is 16.7. The Bertz CT molecular complexity index is 1100. The third-order valence-electron chi connectivity index (χ3n) is 10.7. The van der Waals surface area contributed by atoms with Crippen LogP contribution in [0.15, 0.2) is 60.8 Å². The lowest BCUT2D eigenvalue weighted by molar-refractivity contribution is -0.167.